The number of aryl methyl sites for hydroxylation is 1. The van der Waals surface area contributed by atoms with E-state index in [1.807, 2.05) is 49.2 Å². The number of thiophene rings is 1. The third-order valence-corrected chi connectivity index (χ3v) is 7.32. The van der Waals surface area contributed by atoms with Crippen molar-refractivity contribution in [2.24, 2.45) is 20.0 Å². The molecule has 5 aromatic rings. The van der Waals surface area contributed by atoms with Gasteiger partial charge in [0, 0.05) is 33.8 Å². The third-order valence-electron chi connectivity index (χ3n) is 6.62. The summed E-state index contributed by atoms with van der Waals surface area (Å²) in [5.74, 6) is 0.721. The molecule has 1 unspecified atom stereocenters. The van der Waals surface area contributed by atoms with E-state index in [-0.39, 0.29) is 17.9 Å². The molecule has 4 heterocycles. The molecule has 0 saturated heterocycles. The minimum atomic E-state index is -0.441. The molecule has 0 spiro atoms. The van der Waals surface area contributed by atoms with Crippen molar-refractivity contribution in [2.75, 3.05) is 5.32 Å². The fraction of sp³-hybridized carbons (Fsp3) is 0.321. The number of anilines is 1. The molecule has 11 heteroatoms. The van der Waals surface area contributed by atoms with Gasteiger partial charge in [-0.2, -0.15) is 16.4 Å². The van der Waals surface area contributed by atoms with E-state index in [0.717, 1.165) is 15.7 Å². The first-order chi connectivity index (χ1) is 18.7. The highest BCUT2D eigenvalue weighted by Gasteiger charge is 2.29. The Kier molecular flexibility index (Phi) is 7.09. The molecule has 0 bridgehead atoms. The molecule has 4 aromatic heterocycles. The van der Waals surface area contributed by atoms with Crippen LogP contribution >= 0.6 is 11.3 Å². The predicted molar refractivity (Wildman–Crippen MR) is 153 cm³/mol. The smallest absolute Gasteiger partial charge is 0.331 e. The molecular weight excluding hydrogens is 514 g/mol. The molecular formula is C28H31N7O3S. The Morgan fingerprint density at radius 3 is 2.49 bits per heavy atom. The fourth-order valence-corrected chi connectivity index (χ4v) is 5.59. The molecule has 1 N–H and O–H groups in total. The second-order valence-electron chi connectivity index (χ2n) is 10.1. The summed E-state index contributed by atoms with van der Waals surface area (Å²) in [6.45, 7) is 5.85. The van der Waals surface area contributed by atoms with Gasteiger partial charge in [0.2, 0.25) is 5.91 Å². The number of hydrogen-bond acceptors (Lipinski definition) is 6. The second-order valence-corrected chi connectivity index (χ2v) is 10.9. The number of aromatic nitrogens is 6. The number of amides is 1. The minimum absolute atomic E-state index is 0.147. The van der Waals surface area contributed by atoms with Crippen LogP contribution in [0.25, 0.3) is 22.6 Å². The van der Waals surface area contributed by atoms with E-state index >= 15 is 0 Å². The van der Waals surface area contributed by atoms with Crippen molar-refractivity contribution in [2.45, 2.75) is 39.8 Å². The molecule has 1 amide bonds. The van der Waals surface area contributed by atoms with Crippen LogP contribution < -0.4 is 16.6 Å². The van der Waals surface area contributed by atoms with Crippen LogP contribution in [0.15, 0.2) is 62.9 Å². The maximum absolute atomic E-state index is 13.7. The standard InChI is InChI=1S/C28H31N7O3S/c1-17(2)14-34-25-23(27(37)33(5)28(34)38)24(26-30-22(15-32(26)4)29-18(3)36)35(31-25)21(20-11-12-39-16-20)13-19-9-7-6-8-10-19/h6-12,15-17,21H,13-14H2,1-5H3,(H,29,36). The summed E-state index contributed by atoms with van der Waals surface area (Å²) >= 11 is 1.58. The molecule has 0 aliphatic rings. The molecule has 0 aliphatic carbocycles. The molecule has 202 valence electrons. The number of rotatable bonds is 8. The molecule has 1 atom stereocenters. The second kappa shape index (κ2) is 10.5. The number of carbonyl (C=O) groups is 1. The number of hydrogen-bond donors (Lipinski definition) is 1. The van der Waals surface area contributed by atoms with Crippen LogP contribution in [0.2, 0.25) is 0 Å². The first-order valence-corrected chi connectivity index (χ1v) is 13.7. The molecule has 0 saturated carbocycles. The van der Waals surface area contributed by atoms with Gasteiger partial charge in [-0.25, -0.2) is 9.78 Å². The zero-order valence-corrected chi connectivity index (χ0v) is 23.4. The number of benzene rings is 1. The van der Waals surface area contributed by atoms with Crippen molar-refractivity contribution in [3.8, 4) is 11.5 Å². The molecule has 1 aromatic carbocycles. The van der Waals surface area contributed by atoms with Crippen LogP contribution in [-0.2, 0) is 31.9 Å². The zero-order valence-electron chi connectivity index (χ0n) is 22.6. The maximum atomic E-state index is 13.7. The first kappa shape index (κ1) is 26.4. The molecule has 0 radical (unpaired) electrons. The molecule has 10 nitrogen and oxygen atoms in total. The summed E-state index contributed by atoms with van der Waals surface area (Å²) in [6.07, 6.45) is 2.31. The normalized spacial score (nSPS) is 12.4. The van der Waals surface area contributed by atoms with Gasteiger partial charge >= 0.3 is 5.69 Å². The van der Waals surface area contributed by atoms with Crippen molar-refractivity contribution in [1.29, 1.82) is 0 Å². The quantitative estimate of drug-likeness (QED) is 0.319. The third kappa shape index (κ3) is 4.97. The number of imidazole rings is 1. The average molecular weight is 546 g/mol. The summed E-state index contributed by atoms with van der Waals surface area (Å²) < 4.78 is 6.31. The predicted octanol–water partition coefficient (Wildman–Crippen LogP) is 3.81. The van der Waals surface area contributed by atoms with E-state index in [9.17, 15) is 14.4 Å². The van der Waals surface area contributed by atoms with Crippen molar-refractivity contribution in [3.05, 3.63) is 85.3 Å². The summed E-state index contributed by atoms with van der Waals surface area (Å²) in [7, 11) is 3.30. The Balaban J connectivity index is 1.87. The SMILES string of the molecule is CC(=O)Nc1cn(C)c(-c2c3c(=O)n(C)c(=O)n(CC(C)C)c3nn2C(Cc2ccccc2)c2ccsc2)n1. The van der Waals surface area contributed by atoms with E-state index in [1.54, 1.807) is 26.7 Å². The van der Waals surface area contributed by atoms with Crippen LogP contribution in [0.4, 0.5) is 5.82 Å². The molecule has 0 fully saturated rings. The highest BCUT2D eigenvalue weighted by atomic mass is 32.1. The Bertz CT molecular complexity index is 1760. The van der Waals surface area contributed by atoms with Gasteiger partial charge in [0.1, 0.15) is 11.1 Å². The van der Waals surface area contributed by atoms with Crippen molar-refractivity contribution in [3.63, 3.8) is 0 Å². The van der Waals surface area contributed by atoms with Gasteiger partial charge in [0.05, 0.1) is 6.04 Å². The lowest BCUT2D eigenvalue weighted by molar-refractivity contribution is -0.114. The van der Waals surface area contributed by atoms with Crippen LogP contribution in [0.5, 0.6) is 0 Å². The maximum Gasteiger partial charge on any atom is 0.332 e. The largest absolute Gasteiger partial charge is 0.332 e. The lowest BCUT2D eigenvalue weighted by Gasteiger charge is -2.19. The minimum Gasteiger partial charge on any atom is -0.331 e. The molecule has 5 rings (SSSR count). The Morgan fingerprint density at radius 2 is 1.85 bits per heavy atom. The van der Waals surface area contributed by atoms with E-state index in [1.165, 1.54) is 14.0 Å². The fourth-order valence-electron chi connectivity index (χ4n) is 4.88. The number of nitrogens with zero attached hydrogens (tertiary/aromatic N) is 6. The van der Waals surface area contributed by atoms with Crippen LogP contribution in [0, 0.1) is 5.92 Å². The average Bonchev–Trinajstić information content (AvgIpc) is 3.63. The van der Waals surface area contributed by atoms with Gasteiger partial charge in [-0.3, -0.25) is 23.4 Å². The Morgan fingerprint density at radius 1 is 1.10 bits per heavy atom. The molecule has 0 aliphatic heterocycles. The Hall–Kier alpha value is -4.25. The summed E-state index contributed by atoms with van der Waals surface area (Å²) in [6, 6.07) is 11.9. The summed E-state index contributed by atoms with van der Waals surface area (Å²) in [4.78, 5) is 43.5. The van der Waals surface area contributed by atoms with Gasteiger partial charge in [-0.15, -0.1) is 0 Å². The van der Waals surface area contributed by atoms with Crippen molar-refractivity contribution >= 4 is 34.1 Å². The van der Waals surface area contributed by atoms with Gasteiger partial charge in [-0.1, -0.05) is 44.2 Å². The summed E-state index contributed by atoms with van der Waals surface area (Å²) in [5.41, 5.74) is 2.10. The van der Waals surface area contributed by atoms with Crippen molar-refractivity contribution < 1.29 is 4.79 Å². The van der Waals surface area contributed by atoms with Crippen LogP contribution in [0.1, 0.15) is 37.9 Å². The van der Waals surface area contributed by atoms with E-state index in [4.69, 9.17) is 10.1 Å². The summed E-state index contributed by atoms with van der Waals surface area (Å²) in [5, 5.41) is 12.1. The molecule has 39 heavy (non-hydrogen) atoms. The van der Waals surface area contributed by atoms with Crippen molar-refractivity contribution in [1.82, 2.24) is 28.5 Å². The van der Waals surface area contributed by atoms with E-state index < -0.39 is 11.2 Å². The van der Waals surface area contributed by atoms with Crippen LogP contribution in [-0.4, -0.2) is 34.4 Å². The van der Waals surface area contributed by atoms with Gasteiger partial charge in [0.15, 0.2) is 17.3 Å². The van der Waals surface area contributed by atoms with E-state index in [0.29, 0.717) is 41.3 Å². The highest BCUT2D eigenvalue weighted by Crippen LogP contribution is 2.34. The monoisotopic (exact) mass is 545 g/mol. The zero-order chi connectivity index (χ0) is 27.8. The van der Waals surface area contributed by atoms with Crippen LogP contribution in [0.3, 0.4) is 0 Å². The van der Waals surface area contributed by atoms with E-state index in [2.05, 4.69) is 28.9 Å². The lowest BCUT2D eigenvalue weighted by Crippen LogP contribution is -2.38. The number of nitrogens with one attached hydrogen (secondary N) is 1. The topological polar surface area (TPSA) is 109 Å². The van der Waals surface area contributed by atoms with Gasteiger partial charge < -0.3 is 9.88 Å². The first-order valence-electron chi connectivity index (χ1n) is 12.7. The van der Waals surface area contributed by atoms with Gasteiger partial charge in [0.25, 0.3) is 5.56 Å². The van der Waals surface area contributed by atoms with Gasteiger partial charge in [-0.05, 0) is 40.3 Å². The Labute approximate surface area is 229 Å². The lowest BCUT2D eigenvalue weighted by atomic mass is 10.0. The number of carbonyl (C=O) groups excluding carboxylic acids is 1. The number of fused-ring (bicyclic) bond motifs is 1. The highest BCUT2D eigenvalue weighted by molar-refractivity contribution is 7.08.